The number of ether oxygens (including phenoxy) is 1. The number of carbonyl (C=O) groups excluding carboxylic acids is 1. The molecule has 0 N–H and O–H groups in total. The predicted molar refractivity (Wildman–Crippen MR) is 139 cm³/mol. The van der Waals surface area contributed by atoms with Gasteiger partial charge in [-0.3, -0.25) is 9.69 Å². The first-order valence-corrected chi connectivity index (χ1v) is 13.7. The van der Waals surface area contributed by atoms with Crippen LogP contribution in [0.2, 0.25) is 0 Å². The third-order valence-electron chi connectivity index (χ3n) is 8.41. The zero-order valence-corrected chi connectivity index (χ0v) is 21.0. The average molecular weight is 489 g/mol. The molecule has 0 bridgehead atoms. The highest BCUT2D eigenvalue weighted by atomic mass is 16.5. The van der Waals surface area contributed by atoms with Gasteiger partial charge in [0.2, 0.25) is 0 Å². The molecule has 6 rings (SSSR count). The Morgan fingerprint density at radius 2 is 1.81 bits per heavy atom. The number of hydrogen-bond acceptors (Lipinski definition) is 7. The number of hydrogen-bond donors (Lipinski definition) is 0. The number of ketones is 1. The van der Waals surface area contributed by atoms with Crippen LogP contribution < -0.4 is 9.64 Å². The number of fused-ring (bicyclic) bond motifs is 2. The van der Waals surface area contributed by atoms with E-state index in [0.717, 1.165) is 73.4 Å². The summed E-state index contributed by atoms with van der Waals surface area (Å²) in [6, 6.07) is 9.87. The second kappa shape index (κ2) is 10.6. The standard InChI is InChI=1S/C29H36N4O3/c34-24(20-26-25-3-1-2-4-27(25)36-31-26)19-22-7-5-21(6-8-22)10-13-32-14-16-33(17-15-32)29-28-23(9-12-30-29)11-18-35-28/h1-4,9,12,21-22H,5-8,10-11,13-20H2. The molecule has 2 aliphatic heterocycles. The summed E-state index contributed by atoms with van der Waals surface area (Å²) in [5.41, 5.74) is 2.84. The van der Waals surface area contributed by atoms with Gasteiger partial charge >= 0.3 is 0 Å². The van der Waals surface area contributed by atoms with Crippen molar-refractivity contribution in [2.75, 3.05) is 44.2 Å². The Kier molecular flexibility index (Phi) is 6.90. The normalized spacial score (nSPS) is 22.5. The van der Waals surface area contributed by atoms with Gasteiger partial charge in [-0.15, -0.1) is 0 Å². The van der Waals surface area contributed by atoms with E-state index in [2.05, 4.69) is 26.0 Å². The summed E-state index contributed by atoms with van der Waals surface area (Å²) in [4.78, 5) is 22.4. The molecule has 0 atom stereocenters. The van der Waals surface area contributed by atoms with E-state index in [1.54, 1.807) is 0 Å². The van der Waals surface area contributed by atoms with Crippen LogP contribution in [0.4, 0.5) is 5.82 Å². The van der Waals surface area contributed by atoms with E-state index >= 15 is 0 Å². The molecule has 0 spiro atoms. The van der Waals surface area contributed by atoms with Crippen LogP contribution in [0.15, 0.2) is 41.1 Å². The molecule has 7 nitrogen and oxygen atoms in total. The summed E-state index contributed by atoms with van der Waals surface area (Å²) in [7, 11) is 0. The highest BCUT2D eigenvalue weighted by Gasteiger charge is 2.27. The molecule has 1 aromatic carbocycles. The van der Waals surface area contributed by atoms with Crippen molar-refractivity contribution in [1.29, 1.82) is 0 Å². The number of pyridine rings is 1. The fraction of sp³-hybridized carbons (Fsp3) is 0.552. The van der Waals surface area contributed by atoms with Crippen LogP contribution in [0.1, 0.15) is 49.8 Å². The van der Waals surface area contributed by atoms with Crippen molar-refractivity contribution in [3.8, 4) is 5.75 Å². The molecule has 190 valence electrons. The minimum absolute atomic E-state index is 0.291. The Morgan fingerprint density at radius 3 is 2.67 bits per heavy atom. The van der Waals surface area contributed by atoms with E-state index in [4.69, 9.17) is 9.26 Å². The van der Waals surface area contributed by atoms with E-state index in [0.29, 0.717) is 24.5 Å². The lowest BCUT2D eigenvalue weighted by atomic mass is 9.78. The van der Waals surface area contributed by atoms with Gasteiger partial charge in [-0.1, -0.05) is 30.1 Å². The lowest BCUT2D eigenvalue weighted by molar-refractivity contribution is -0.119. The largest absolute Gasteiger partial charge is 0.489 e. The Bertz CT molecular complexity index is 1190. The smallest absolute Gasteiger partial charge is 0.171 e. The fourth-order valence-electron chi connectivity index (χ4n) is 6.24. The van der Waals surface area contributed by atoms with Crippen LogP contribution in [-0.2, 0) is 17.6 Å². The molecular weight excluding hydrogens is 452 g/mol. The van der Waals surface area contributed by atoms with Crippen molar-refractivity contribution < 1.29 is 14.1 Å². The van der Waals surface area contributed by atoms with Gasteiger partial charge in [-0.2, -0.15) is 0 Å². The number of piperazine rings is 1. The summed E-state index contributed by atoms with van der Waals surface area (Å²) < 4.78 is 11.2. The zero-order valence-electron chi connectivity index (χ0n) is 21.0. The van der Waals surface area contributed by atoms with Crippen molar-refractivity contribution in [2.24, 2.45) is 11.8 Å². The Labute approximate surface area is 212 Å². The molecule has 36 heavy (non-hydrogen) atoms. The summed E-state index contributed by atoms with van der Waals surface area (Å²) in [6.07, 6.45) is 10.1. The highest BCUT2D eigenvalue weighted by Crippen LogP contribution is 2.35. The minimum atomic E-state index is 0.291. The second-order valence-electron chi connectivity index (χ2n) is 10.8. The first-order valence-electron chi connectivity index (χ1n) is 13.7. The molecular formula is C29H36N4O3. The topological polar surface area (TPSA) is 71.7 Å². The molecule has 7 heteroatoms. The predicted octanol–water partition coefficient (Wildman–Crippen LogP) is 4.68. The van der Waals surface area contributed by atoms with Gasteiger partial charge in [0, 0.05) is 56.2 Å². The Morgan fingerprint density at radius 1 is 1.00 bits per heavy atom. The van der Waals surface area contributed by atoms with Crippen LogP contribution >= 0.6 is 0 Å². The van der Waals surface area contributed by atoms with Gasteiger partial charge < -0.3 is 14.2 Å². The maximum atomic E-state index is 12.7. The number of rotatable bonds is 8. The van der Waals surface area contributed by atoms with E-state index in [9.17, 15) is 4.79 Å². The van der Waals surface area contributed by atoms with Crippen molar-refractivity contribution in [1.82, 2.24) is 15.0 Å². The molecule has 1 saturated heterocycles. The van der Waals surface area contributed by atoms with Gasteiger partial charge in [0.05, 0.1) is 18.7 Å². The quantitative estimate of drug-likeness (QED) is 0.456. The molecule has 1 saturated carbocycles. The van der Waals surface area contributed by atoms with E-state index in [-0.39, 0.29) is 0 Å². The van der Waals surface area contributed by atoms with Crippen LogP contribution in [0.25, 0.3) is 11.0 Å². The summed E-state index contributed by atoms with van der Waals surface area (Å²) >= 11 is 0. The van der Waals surface area contributed by atoms with Crippen LogP contribution in [0, 0.1) is 11.8 Å². The number of Topliss-reactive ketones (excluding diaryl/α,β-unsaturated/α-hetero) is 1. The number of aromatic nitrogens is 2. The Hall–Kier alpha value is -2.93. The summed E-state index contributed by atoms with van der Waals surface area (Å²) in [5.74, 6) is 3.66. The highest BCUT2D eigenvalue weighted by molar-refractivity contribution is 5.87. The molecule has 2 aromatic heterocycles. The second-order valence-corrected chi connectivity index (χ2v) is 10.8. The van der Waals surface area contributed by atoms with Gasteiger partial charge in [0.15, 0.2) is 17.2 Å². The summed E-state index contributed by atoms with van der Waals surface area (Å²) in [6.45, 7) is 6.17. The van der Waals surface area contributed by atoms with Crippen molar-refractivity contribution in [2.45, 2.75) is 51.4 Å². The van der Waals surface area contributed by atoms with E-state index in [1.807, 2.05) is 30.5 Å². The number of nitrogens with zero attached hydrogens (tertiary/aromatic N) is 4. The van der Waals surface area contributed by atoms with Crippen molar-refractivity contribution in [3.63, 3.8) is 0 Å². The number of para-hydroxylation sites is 1. The lowest BCUT2D eigenvalue weighted by Crippen LogP contribution is -2.47. The number of carbonyl (C=O) groups is 1. The third-order valence-corrected chi connectivity index (χ3v) is 8.41. The first kappa shape index (κ1) is 23.5. The SMILES string of the molecule is O=C(Cc1noc2ccccc12)CC1CCC(CCN2CCN(c3nccc4c3OCC4)CC2)CC1. The first-order chi connectivity index (χ1) is 17.7. The van der Waals surface area contributed by atoms with Crippen LogP contribution in [-0.4, -0.2) is 60.2 Å². The molecule has 1 aliphatic carbocycles. The Balaban J connectivity index is 0.907. The lowest BCUT2D eigenvalue weighted by Gasteiger charge is -2.37. The third kappa shape index (κ3) is 5.12. The van der Waals surface area contributed by atoms with Crippen molar-refractivity contribution in [3.05, 3.63) is 47.8 Å². The molecule has 0 amide bonds. The maximum absolute atomic E-state index is 12.7. The average Bonchev–Trinajstić information content (AvgIpc) is 3.56. The molecule has 4 heterocycles. The van der Waals surface area contributed by atoms with Gasteiger partial charge in [-0.25, -0.2) is 4.98 Å². The van der Waals surface area contributed by atoms with E-state index < -0.39 is 0 Å². The van der Waals surface area contributed by atoms with Crippen LogP contribution in [0.5, 0.6) is 5.75 Å². The van der Waals surface area contributed by atoms with Crippen molar-refractivity contribution >= 4 is 22.6 Å². The monoisotopic (exact) mass is 488 g/mol. The number of anilines is 1. The minimum Gasteiger partial charge on any atom is -0.489 e. The molecule has 0 unspecified atom stereocenters. The fourth-order valence-corrected chi connectivity index (χ4v) is 6.24. The maximum Gasteiger partial charge on any atom is 0.171 e. The van der Waals surface area contributed by atoms with Crippen LogP contribution in [0.3, 0.4) is 0 Å². The molecule has 3 aliphatic rings. The molecule has 0 radical (unpaired) electrons. The molecule has 2 fully saturated rings. The summed E-state index contributed by atoms with van der Waals surface area (Å²) in [5, 5.41) is 5.10. The van der Waals surface area contributed by atoms with Gasteiger partial charge in [0.1, 0.15) is 5.78 Å². The van der Waals surface area contributed by atoms with Gasteiger partial charge in [-0.05, 0) is 55.8 Å². The van der Waals surface area contributed by atoms with Gasteiger partial charge in [0.25, 0.3) is 0 Å². The number of benzene rings is 1. The van der Waals surface area contributed by atoms with E-state index in [1.165, 1.54) is 44.2 Å². The zero-order chi connectivity index (χ0) is 24.3. The molecule has 3 aromatic rings.